The lowest BCUT2D eigenvalue weighted by Gasteiger charge is -2.37. The fourth-order valence-electron chi connectivity index (χ4n) is 3.72. The van der Waals surface area contributed by atoms with E-state index in [1.807, 2.05) is 24.3 Å². The van der Waals surface area contributed by atoms with Crippen LogP contribution >= 0.6 is 0 Å². The Balaban J connectivity index is 1.88. The minimum atomic E-state index is -1.70. The molecular formula is C18H18N2O5. The Hall–Kier alpha value is -2.64. The maximum Gasteiger partial charge on any atom is 0.389 e. The van der Waals surface area contributed by atoms with Crippen LogP contribution in [0, 0.1) is 10.1 Å². The van der Waals surface area contributed by atoms with Crippen molar-refractivity contribution in [3.05, 3.63) is 69.8 Å². The van der Waals surface area contributed by atoms with Crippen LogP contribution in [0.5, 0.6) is 11.5 Å². The van der Waals surface area contributed by atoms with Crippen molar-refractivity contribution in [1.29, 1.82) is 0 Å². The van der Waals surface area contributed by atoms with Gasteiger partial charge in [0.1, 0.15) is 17.4 Å². The van der Waals surface area contributed by atoms with Crippen LogP contribution in [0.3, 0.4) is 0 Å². The van der Waals surface area contributed by atoms with Crippen LogP contribution in [0.4, 0.5) is 0 Å². The number of hydroxylamine groups is 2. The zero-order valence-electron chi connectivity index (χ0n) is 13.9. The number of para-hydroxylation sites is 1. The summed E-state index contributed by atoms with van der Waals surface area (Å²) in [6.45, 7) is 0.425. The zero-order valence-corrected chi connectivity index (χ0v) is 13.9. The number of likely N-dealkylation sites (N-methyl/N-ethyl adjacent to an activating group) is 1. The Bertz CT molecular complexity index is 809. The van der Waals surface area contributed by atoms with Crippen LogP contribution in [-0.2, 0) is 4.84 Å². The second-order valence-electron chi connectivity index (χ2n) is 6.27. The highest BCUT2D eigenvalue weighted by molar-refractivity contribution is 5.43. The van der Waals surface area contributed by atoms with Crippen LogP contribution in [0.1, 0.15) is 23.1 Å². The van der Waals surface area contributed by atoms with Gasteiger partial charge in [0, 0.05) is 24.7 Å². The molecule has 1 fully saturated rings. The highest BCUT2D eigenvalue weighted by Gasteiger charge is 2.68. The van der Waals surface area contributed by atoms with E-state index in [0.717, 1.165) is 5.56 Å². The van der Waals surface area contributed by atoms with Crippen molar-refractivity contribution in [2.75, 3.05) is 20.7 Å². The molecule has 0 radical (unpaired) electrons. The minimum absolute atomic E-state index is 0.355. The van der Waals surface area contributed by atoms with Gasteiger partial charge in [-0.15, -0.1) is 0 Å². The Morgan fingerprint density at radius 3 is 2.64 bits per heavy atom. The van der Waals surface area contributed by atoms with Crippen LogP contribution < -0.4 is 9.47 Å². The normalized spacial score (nSPS) is 27.9. The predicted octanol–water partition coefficient (Wildman–Crippen LogP) is 2.76. The summed E-state index contributed by atoms with van der Waals surface area (Å²) in [5, 5.41) is 13.7. The van der Waals surface area contributed by atoms with E-state index in [9.17, 15) is 10.1 Å². The third-order valence-electron chi connectivity index (χ3n) is 4.86. The number of ether oxygens (including phenoxy) is 2. The highest BCUT2D eigenvalue weighted by Crippen LogP contribution is 2.54. The molecule has 2 aliphatic heterocycles. The van der Waals surface area contributed by atoms with Gasteiger partial charge in [-0.2, -0.15) is 5.06 Å². The summed E-state index contributed by atoms with van der Waals surface area (Å²) in [4.78, 5) is 17.6. The van der Waals surface area contributed by atoms with Gasteiger partial charge in [-0.05, 0) is 18.2 Å². The molecule has 2 heterocycles. The molecule has 7 heteroatoms. The van der Waals surface area contributed by atoms with Crippen molar-refractivity contribution in [3.8, 4) is 11.5 Å². The van der Waals surface area contributed by atoms with E-state index in [2.05, 4.69) is 0 Å². The van der Waals surface area contributed by atoms with Crippen LogP contribution in [0.2, 0.25) is 0 Å². The third kappa shape index (κ3) is 2.27. The summed E-state index contributed by atoms with van der Waals surface area (Å²) in [6, 6.07) is 14.5. The molecule has 0 bridgehead atoms. The lowest BCUT2D eigenvalue weighted by molar-refractivity contribution is -0.655. The number of nitrogens with zero attached hydrogens (tertiary/aromatic N) is 2. The van der Waals surface area contributed by atoms with Crippen molar-refractivity contribution in [1.82, 2.24) is 5.06 Å². The van der Waals surface area contributed by atoms with Gasteiger partial charge < -0.3 is 9.47 Å². The molecule has 0 amide bonds. The summed E-state index contributed by atoms with van der Waals surface area (Å²) < 4.78 is 11.3. The average molecular weight is 342 g/mol. The van der Waals surface area contributed by atoms with Crippen LogP contribution in [0.25, 0.3) is 0 Å². The molecule has 0 aromatic heterocycles. The summed E-state index contributed by atoms with van der Waals surface area (Å²) in [6.07, 6.45) is -0.863. The van der Waals surface area contributed by atoms with Gasteiger partial charge in [0.25, 0.3) is 0 Å². The van der Waals surface area contributed by atoms with Gasteiger partial charge in [-0.1, -0.05) is 30.3 Å². The first-order valence-corrected chi connectivity index (χ1v) is 8.00. The predicted molar refractivity (Wildman–Crippen MR) is 89.0 cm³/mol. The lowest BCUT2D eigenvalue weighted by atomic mass is 9.80. The Labute approximate surface area is 144 Å². The van der Waals surface area contributed by atoms with E-state index >= 15 is 0 Å². The average Bonchev–Trinajstić information content (AvgIpc) is 3.00. The maximum absolute atomic E-state index is 12.2. The van der Waals surface area contributed by atoms with Crippen LogP contribution in [0.15, 0.2) is 48.5 Å². The largest absolute Gasteiger partial charge is 0.497 e. The first kappa shape index (κ1) is 15.9. The van der Waals surface area contributed by atoms with Gasteiger partial charge in [0.2, 0.25) is 6.10 Å². The number of hydrogen-bond donors (Lipinski definition) is 0. The molecule has 4 rings (SSSR count). The molecule has 2 aromatic carbocycles. The first-order chi connectivity index (χ1) is 12.1. The number of methoxy groups -OCH3 is 1. The number of nitro groups is 1. The fraction of sp³-hybridized carbons (Fsp3) is 0.333. The monoisotopic (exact) mass is 342 g/mol. The number of fused-ring (bicyclic) bond motifs is 3. The smallest absolute Gasteiger partial charge is 0.389 e. The van der Waals surface area contributed by atoms with Gasteiger partial charge in [-0.3, -0.25) is 10.1 Å². The Kier molecular flexibility index (Phi) is 3.63. The molecule has 3 atom stereocenters. The molecule has 0 saturated carbocycles. The van der Waals surface area contributed by atoms with Crippen molar-refractivity contribution >= 4 is 0 Å². The van der Waals surface area contributed by atoms with E-state index in [0.29, 0.717) is 23.6 Å². The molecule has 0 spiro atoms. The van der Waals surface area contributed by atoms with Crippen molar-refractivity contribution in [2.24, 2.45) is 0 Å². The quantitative estimate of drug-likeness (QED) is 0.631. The number of benzene rings is 2. The third-order valence-corrected chi connectivity index (χ3v) is 4.86. The summed E-state index contributed by atoms with van der Waals surface area (Å²) in [5.41, 5.74) is -0.224. The molecule has 2 aliphatic rings. The van der Waals surface area contributed by atoms with Gasteiger partial charge in [0.15, 0.2) is 0 Å². The number of hydrogen-bond acceptors (Lipinski definition) is 6. The van der Waals surface area contributed by atoms with Crippen molar-refractivity contribution in [2.45, 2.75) is 17.7 Å². The molecule has 1 saturated heterocycles. The summed E-state index contributed by atoms with van der Waals surface area (Å²) in [7, 11) is 3.28. The second kappa shape index (κ2) is 5.72. The SMILES string of the molecule is COc1ccc(C2Oc3ccccc3C3CN(C)OC32[N+](=O)[O-])cc1. The molecule has 7 nitrogen and oxygen atoms in total. The minimum Gasteiger partial charge on any atom is -0.497 e. The summed E-state index contributed by atoms with van der Waals surface area (Å²) in [5.74, 6) is 0.908. The summed E-state index contributed by atoms with van der Waals surface area (Å²) >= 11 is 0. The molecule has 130 valence electrons. The molecule has 0 aliphatic carbocycles. The molecule has 25 heavy (non-hydrogen) atoms. The van der Waals surface area contributed by atoms with E-state index in [1.165, 1.54) is 5.06 Å². The Morgan fingerprint density at radius 1 is 1.24 bits per heavy atom. The maximum atomic E-state index is 12.2. The van der Waals surface area contributed by atoms with E-state index in [-0.39, 0.29) is 4.92 Å². The Morgan fingerprint density at radius 2 is 1.96 bits per heavy atom. The topological polar surface area (TPSA) is 74.1 Å². The van der Waals surface area contributed by atoms with Gasteiger partial charge in [-0.25, -0.2) is 4.84 Å². The fourth-order valence-corrected chi connectivity index (χ4v) is 3.72. The van der Waals surface area contributed by atoms with E-state index < -0.39 is 17.7 Å². The van der Waals surface area contributed by atoms with Crippen molar-refractivity contribution in [3.63, 3.8) is 0 Å². The molecule has 2 aromatic rings. The molecule has 0 N–H and O–H groups in total. The highest BCUT2D eigenvalue weighted by atomic mass is 16.8. The zero-order chi connectivity index (χ0) is 17.6. The second-order valence-corrected chi connectivity index (χ2v) is 6.27. The first-order valence-electron chi connectivity index (χ1n) is 8.00. The van der Waals surface area contributed by atoms with E-state index in [4.69, 9.17) is 14.3 Å². The number of rotatable bonds is 3. The van der Waals surface area contributed by atoms with Crippen molar-refractivity contribution < 1.29 is 19.2 Å². The van der Waals surface area contributed by atoms with E-state index in [1.54, 1.807) is 38.4 Å². The van der Waals surface area contributed by atoms with Gasteiger partial charge in [0.05, 0.1) is 12.0 Å². The van der Waals surface area contributed by atoms with Crippen LogP contribution in [-0.4, -0.2) is 36.4 Å². The lowest BCUT2D eigenvalue weighted by Crippen LogP contribution is -2.53. The standard InChI is InChI=1S/C18H18N2O5/c1-19-11-15-14-5-3-4-6-16(14)24-17(18(15,25-19)20(21)22)12-7-9-13(23-2)10-8-12/h3-10,15,17H,11H2,1-2H3. The molecule has 3 unspecified atom stereocenters. The molecular weight excluding hydrogens is 324 g/mol. The van der Waals surface area contributed by atoms with Gasteiger partial charge >= 0.3 is 5.72 Å².